The lowest BCUT2D eigenvalue weighted by atomic mass is 10.00. The first-order valence-corrected chi connectivity index (χ1v) is 7.98. The van der Waals surface area contributed by atoms with Gasteiger partial charge < -0.3 is 20.2 Å². The number of nitrogens with zero attached hydrogens (tertiary/aromatic N) is 4. The molecule has 1 unspecified atom stereocenters. The Balaban J connectivity index is 0.00000312. The largest absolute Gasteiger partial charge is 0.444 e. The van der Waals surface area contributed by atoms with E-state index in [2.05, 4.69) is 25.7 Å². The smallest absolute Gasteiger partial charge is 0.216 e. The second-order valence-electron chi connectivity index (χ2n) is 5.97. The second kappa shape index (κ2) is 9.18. The molecule has 140 valence electrons. The lowest BCUT2D eigenvalue weighted by Crippen LogP contribution is -2.44. The molecule has 0 saturated heterocycles. The van der Waals surface area contributed by atoms with Crippen molar-refractivity contribution in [1.82, 2.24) is 25.4 Å². The van der Waals surface area contributed by atoms with Gasteiger partial charge in [0.2, 0.25) is 5.89 Å². The van der Waals surface area contributed by atoms with Gasteiger partial charge in [0, 0.05) is 25.4 Å². The minimum Gasteiger partial charge on any atom is -0.444 e. The number of aliphatic imine (C=N–C) groups is 1. The van der Waals surface area contributed by atoms with Crippen molar-refractivity contribution in [3.63, 3.8) is 0 Å². The summed E-state index contributed by atoms with van der Waals surface area (Å²) in [7, 11) is 1.82. The van der Waals surface area contributed by atoms with Gasteiger partial charge in [0.15, 0.2) is 5.96 Å². The van der Waals surface area contributed by atoms with Crippen molar-refractivity contribution in [2.24, 2.45) is 12.0 Å². The van der Waals surface area contributed by atoms with Crippen LogP contribution in [0.15, 0.2) is 21.8 Å². The summed E-state index contributed by atoms with van der Waals surface area (Å²) in [6.07, 6.45) is 3.45. The van der Waals surface area contributed by atoms with Crippen LogP contribution in [0.25, 0.3) is 0 Å². The van der Waals surface area contributed by atoms with Gasteiger partial charge in [-0.1, -0.05) is 0 Å². The second-order valence-corrected chi connectivity index (χ2v) is 5.97. The van der Waals surface area contributed by atoms with Crippen molar-refractivity contribution in [1.29, 1.82) is 0 Å². The van der Waals surface area contributed by atoms with Crippen LogP contribution in [-0.2, 0) is 19.2 Å². The standard InChI is InChI=1S/C16H26N6O2.HI/c1-6-17-15(18-8-14-21-11(2)12(3)24-14)19-10-16(4,23)13-7-20-22(5)9-13;/h7,9,23H,6,8,10H2,1-5H3,(H2,17,18,19);1H. The molecule has 0 fully saturated rings. The molecule has 0 aromatic carbocycles. The van der Waals surface area contributed by atoms with Crippen LogP contribution < -0.4 is 10.6 Å². The maximum Gasteiger partial charge on any atom is 0.216 e. The van der Waals surface area contributed by atoms with Gasteiger partial charge in [-0.2, -0.15) is 5.10 Å². The fourth-order valence-electron chi connectivity index (χ4n) is 2.15. The van der Waals surface area contributed by atoms with Crippen LogP contribution in [0, 0.1) is 13.8 Å². The molecule has 0 aliphatic rings. The third kappa shape index (κ3) is 5.99. The summed E-state index contributed by atoms with van der Waals surface area (Å²) in [5.74, 6) is 1.97. The van der Waals surface area contributed by atoms with Crippen LogP contribution in [0.5, 0.6) is 0 Å². The van der Waals surface area contributed by atoms with Gasteiger partial charge in [0.05, 0.1) is 18.4 Å². The topological polar surface area (TPSA) is 100 Å². The van der Waals surface area contributed by atoms with Crippen molar-refractivity contribution >= 4 is 29.9 Å². The van der Waals surface area contributed by atoms with Crippen LogP contribution in [0.3, 0.4) is 0 Å². The fraction of sp³-hybridized carbons (Fsp3) is 0.562. The number of hydrogen-bond donors (Lipinski definition) is 3. The van der Waals surface area contributed by atoms with Crippen LogP contribution in [-0.4, -0.2) is 38.9 Å². The first-order valence-electron chi connectivity index (χ1n) is 7.98. The third-order valence-corrected chi connectivity index (χ3v) is 3.72. The highest BCUT2D eigenvalue weighted by atomic mass is 127. The van der Waals surface area contributed by atoms with Gasteiger partial charge in [-0.25, -0.2) is 9.98 Å². The molecule has 0 amide bonds. The van der Waals surface area contributed by atoms with Gasteiger partial charge in [-0.15, -0.1) is 24.0 Å². The Morgan fingerprint density at radius 3 is 2.64 bits per heavy atom. The number of aliphatic hydroxyl groups is 1. The van der Waals surface area contributed by atoms with E-state index in [1.807, 2.05) is 27.8 Å². The van der Waals surface area contributed by atoms with E-state index in [4.69, 9.17) is 4.42 Å². The Labute approximate surface area is 165 Å². The summed E-state index contributed by atoms with van der Waals surface area (Å²) >= 11 is 0. The van der Waals surface area contributed by atoms with Crippen LogP contribution in [0.1, 0.15) is 36.8 Å². The van der Waals surface area contributed by atoms with E-state index in [0.717, 1.165) is 17.0 Å². The van der Waals surface area contributed by atoms with Crippen LogP contribution in [0.4, 0.5) is 0 Å². The predicted molar refractivity (Wildman–Crippen MR) is 107 cm³/mol. The van der Waals surface area contributed by atoms with E-state index in [1.54, 1.807) is 24.0 Å². The number of aryl methyl sites for hydroxylation is 3. The van der Waals surface area contributed by atoms with Gasteiger partial charge in [-0.3, -0.25) is 4.68 Å². The van der Waals surface area contributed by atoms with Gasteiger partial charge >= 0.3 is 0 Å². The number of rotatable bonds is 6. The third-order valence-electron chi connectivity index (χ3n) is 3.72. The molecular weight excluding hydrogens is 435 g/mol. The van der Waals surface area contributed by atoms with Gasteiger partial charge in [0.25, 0.3) is 0 Å². The summed E-state index contributed by atoms with van der Waals surface area (Å²) in [6, 6.07) is 0. The minimum absolute atomic E-state index is 0. The van der Waals surface area contributed by atoms with Crippen molar-refractivity contribution < 1.29 is 9.52 Å². The number of nitrogens with one attached hydrogen (secondary N) is 2. The molecule has 0 bridgehead atoms. The molecule has 3 N–H and O–H groups in total. The first-order chi connectivity index (χ1) is 11.3. The highest BCUT2D eigenvalue weighted by Crippen LogP contribution is 2.18. The number of oxazole rings is 1. The van der Waals surface area contributed by atoms with E-state index >= 15 is 0 Å². The Kier molecular flexibility index (Phi) is 7.87. The summed E-state index contributed by atoms with van der Waals surface area (Å²) in [5.41, 5.74) is 0.561. The normalized spacial score (nSPS) is 13.9. The Morgan fingerprint density at radius 2 is 2.12 bits per heavy atom. The first kappa shape index (κ1) is 21.4. The van der Waals surface area contributed by atoms with E-state index in [0.29, 0.717) is 31.5 Å². The maximum atomic E-state index is 10.6. The highest BCUT2D eigenvalue weighted by Gasteiger charge is 2.25. The van der Waals surface area contributed by atoms with Crippen molar-refractivity contribution in [3.05, 3.63) is 35.3 Å². The lowest BCUT2D eigenvalue weighted by Gasteiger charge is -2.23. The molecule has 2 aromatic rings. The molecule has 8 nitrogen and oxygen atoms in total. The number of hydrogen-bond acceptors (Lipinski definition) is 5. The molecule has 25 heavy (non-hydrogen) atoms. The van der Waals surface area contributed by atoms with E-state index in [9.17, 15) is 5.11 Å². The monoisotopic (exact) mass is 462 g/mol. The van der Waals surface area contributed by atoms with Crippen molar-refractivity contribution in [2.75, 3.05) is 13.1 Å². The van der Waals surface area contributed by atoms with E-state index < -0.39 is 5.60 Å². The molecule has 0 saturated carbocycles. The average Bonchev–Trinajstić information content (AvgIpc) is 3.09. The molecule has 2 rings (SSSR count). The SMILES string of the molecule is CCNC(=NCc1nc(C)c(C)o1)NCC(C)(O)c1cnn(C)c1.I. The fourth-order valence-corrected chi connectivity index (χ4v) is 2.15. The minimum atomic E-state index is -1.06. The molecule has 1 atom stereocenters. The summed E-state index contributed by atoms with van der Waals surface area (Å²) in [5, 5.41) is 21.0. The van der Waals surface area contributed by atoms with Crippen LogP contribution >= 0.6 is 24.0 Å². The molecule has 2 heterocycles. The zero-order chi connectivity index (χ0) is 17.7. The van der Waals surface area contributed by atoms with Crippen molar-refractivity contribution in [3.8, 4) is 0 Å². The average molecular weight is 462 g/mol. The molecule has 0 spiro atoms. The van der Waals surface area contributed by atoms with Gasteiger partial charge in [-0.05, 0) is 27.7 Å². The van der Waals surface area contributed by atoms with E-state index in [-0.39, 0.29) is 24.0 Å². The van der Waals surface area contributed by atoms with Crippen LogP contribution in [0.2, 0.25) is 0 Å². The molecule has 0 aliphatic carbocycles. The molecule has 9 heteroatoms. The Morgan fingerprint density at radius 1 is 1.40 bits per heavy atom. The number of guanidine groups is 1. The van der Waals surface area contributed by atoms with Gasteiger partial charge in [0.1, 0.15) is 17.9 Å². The number of halogens is 1. The molecule has 2 aromatic heterocycles. The summed E-state index contributed by atoms with van der Waals surface area (Å²) in [6.45, 7) is 8.85. The Hall–Kier alpha value is -1.62. The molecule has 0 radical (unpaired) electrons. The quantitative estimate of drug-likeness (QED) is 0.343. The Bertz CT molecular complexity index is 688. The lowest BCUT2D eigenvalue weighted by molar-refractivity contribution is 0.0616. The predicted octanol–water partition coefficient (Wildman–Crippen LogP) is 1.61. The van der Waals surface area contributed by atoms with E-state index in [1.165, 1.54) is 0 Å². The maximum absolute atomic E-state index is 10.6. The summed E-state index contributed by atoms with van der Waals surface area (Å²) in [4.78, 5) is 8.76. The highest BCUT2D eigenvalue weighted by molar-refractivity contribution is 14.0. The summed E-state index contributed by atoms with van der Waals surface area (Å²) < 4.78 is 7.19. The van der Waals surface area contributed by atoms with Crippen molar-refractivity contribution in [2.45, 2.75) is 39.8 Å². The molecular formula is C16H27IN6O2. The molecule has 0 aliphatic heterocycles. The zero-order valence-corrected chi connectivity index (χ0v) is 17.7. The zero-order valence-electron chi connectivity index (χ0n) is 15.3. The number of aromatic nitrogens is 3.